The van der Waals surface area contributed by atoms with Gasteiger partial charge in [0, 0.05) is 11.6 Å². The Labute approximate surface area is 66.4 Å². The van der Waals surface area contributed by atoms with Gasteiger partial charge in [-0.25, -0.2) is 5.84 Å². The number of hydrazine groups is 1. The summed E-state index contributed by atoms with van der Waals surface area (Å²) < 4.78 is 1.28. The Morgan fingerprint density at radius 3 is 3.00 bits per heavy atom. The summed E-state index contributed by atoms with van der Waals surface area (Å²) in [7, 11) is 0. The van der Waals surface area contributed by atoms with E-state index in [-0.39, 0.29) is 17.3 Å². The smallest absolute Gasteiger partial charge is 0.296 e. The van der Waals surface area contributed by atoms with Crippen molar-refractivity contribution in [3.8, 4) is 0 Å². The molecule has 0 unspecified atom stereocenters. The third-order valence-corrected chi connectivity index (χ3v) is 1.81. The molecular formula is C5H7N3O2S. The summed E-state index contributed by atoms with van der Waals surface area (Å²) in [6, 6.07) is 0. The molecule has 3 N–H and O–H groups in total. The van der Waals surface area contributed by atoms with Crippen LogP contribution in [0, 0.1) is 0 Å². The third kappa shape index (κ3) is 1.89. The molecule has 6 heteroatoms. The van der Waals surface area contributed by atoms with Gasteiger partial charge in [0.05, 0.1) is 0 Å². The molecule has 60 valence electrons. The summed E-state index contributed by atoms with van der Waals surface area (Å²) >= 11 is 1.04. The summed E-state index contributed by atoms with van der Waals surface area (Å²) in [5.41, 5.74) is 1.94. The second kappa shape index (κ2) is 3.31. The number of rotatable bonds is 2. The van der Waals surface area contributed by atoms with Gasteiger partial charge in [-0.2, -0.15) is 0 Å². The van der Waals surface area contributed by atoms with Crippen LogP contribution >= 0.6 is 11.3 Å². The van der Waals surface area contributed by atoms with E-state index in [4.69, 9.17) is 5.84 Å². The van der Waals surface area contributed by atoms with Crippen molar-refractivity contribution in [2.45, 2.75) is 6.54 Å². The lowest BCUT2D eigenvalue weighted by molar-refractivity contribution is -0.121. The van der Waals surface area contributed by atoms with Crippen LogP contribution in [0.25, 0.3) is 0 Å². The van der Waals surface area contributed by atoms with Crippen LogP contribution in [0.15, 0.2) is 16.4 Å². The number of amides is 1. The first-order valence-corrected chi connectivity index (χ1v) is 3.75. The summed E-state index contributed by atoms with van der Waals surface area (Å²) in [5.74, 6) is 4.44. The molecule has 0 atom stereocenters. The minimum Gasteiger partial charge on any atom is -0.296 e. The Morgan fingerprint density at radius 1 is 1.82 bits per heavy atom. The summed E-state index contributed by atoms with van der Waals surface area (Å²) in [4.78, 5) is 21.3. The number of nitrogens with two attached hydrogens (primary N) is 1. The van der Waals surface area contributed by atoms with Crippen LogP contribution in [-0.4, -0.2) is 10.5 Å². The fourth-order valence-corrected chi connectivity index (χ4v) is 1.19. The predicted octanol–water partition coefficient (Wildman–Crippen LogP) is -1.10. The number of nitrogens with one attached hydrogen (secondary N) is 1. The third-order valence-electron chi connectivity index (χ3n) is 1.12. The van der Waals surface area contributed by atoms with E-state index in [2.05, 4.69) is 0 Å². The molecule has 0 aliphatic heterocycles. The lowest BCUT2D eigenvalue weighted by Crippen LogP contribution is -2.34. The van der Waals surface area contributed by atoms with Gasteiger partial charge in [-0.1, -0.05) is 11.3 Å². The van der Waals surface area contributed by atoms with Crippen LogP contribution in [0.4, 0.5) is 0 Å². The standard InChI is InChI=1S/C5H7N3O2S/c6-7-4(9)3-8-1-2-11-5(8)10/h1-2H,3,6H2,(H,7,9). The first kappa shape index (κ1) is 7.96. The summed E-state index contributed by atoms with van der Waals surface area (Å²) in [6.45, 7) is -0.0150. The number of aromatic nitrogens is 1. The molecule has 5 nitrogen and oxygen atoms in total. The molecule has 1 aromatic heterocycles. The van der Waals surface area contributed by atoms with Gasteiger partial charge in [-0.15, -0.1) is 0 Å². The minimum atomic E-state index is -0.384. The monoisotopic (exact) mass is 173 g/mol. The van der Waals surface area contributed by atoms with E-state index in [1.807, 2.05) is 5.43 Å². The highest BCUT2D eigenvalue weighted by molar-refractivity contribution is 7.07. The Bertz CT molecular complexity index is 303. The van der Waals surface area contributed by atoms with Crippen molar-refractivity contribution >= 4 is 17.2 Å². The van der Waals surface area contributed by atoms with E-state index >= 15 is 0 Å². The lowest BCUT2D eigenvalue weighted by Gasteiger charge is -1.97. The molecule has 1 amide bonds. The van der Waals surface area contributed by atoms with Gasteiger partial charge in [-0.05, 0) is 0 Å². The Kier molecular flexibility index (Phi) is 2.40. The topological polar surface area (TPSA) is 77.1 Å². The van der Waals surface area contributed by atoms with E-state index in [9.17, 15) is 9.59 Å². The fourth-order valence-electron chi connectivity index (χ4n) is 0.608. The second-order valence-electron chi connectivity index (χ2n) is 1.86. The first-order chi connectivity index (χ1) is 5.24. The van der Waals surface area contributed by atoms with E-state index in [0.29, 0.717) is 0 Å². The zero-order valence-electron chi connectivity index (χ0n) is 5.61. The van der Waals surface area contributed by atoms with E-state index in [1.165, 1.54) is 4.57 Å². The lowest BCUT2D eigenvalue weighted by atomic mass is 10.6. The van der Waals surface area contributed by atoms with Crippen molar-refractivity contribution in [3.63, 3.8) is 0 Å². The van der Waals surface area contributed by atoms with E-state index < -0.39 is 0 Å². The quantitative estimate of drug-likeness (QED) is 0.338. The maximum absolute atomic E-state index is 10.8. The molecule has 0 radical (unpaired) electrons. The van der Waals surface area contributed by atoms with Gasteiger partial charge in [-0.3, -0.25) is 19.6 Å². The average Bonchev–Trinajstić information content (AvgIpc) is 2.37. The highest BCUT2D eigenvalue weighted by atomic mass is 32.1. The molecule has 0 saturated heterocycles. The van der Waals surface area contributed by atoms with E-state index in [0.717, 1.165) is 11.3 Å². The average molecular weight is 173 g/mol. The molecule has 1 rings (SSSR count). The van der Waals surface area contributed by atoms with Crippen LogP contribution in [0.5, 0.6) is 0 Å². The fraction of sp³-hybridized carbons (Fsp3) is 0.200. The van der Waals surface area contributed by atoms with Gasteiger partial charge in [0.25, 0.3) is 5.91 Å². The normalized spacial score (nSPS) is 9.55. The highest BCUT2D eigenvalue weighted by Gasteiger charge is 2.01. The first-order valence-electron chi connectivity index (χ1n) is 2.87. The van der Waals surface area contributed by atoms with Gasteiger partial charge >= 0.3 is 4.87 Å². The molecular weight excluding hydrogens is 166 g/mol. The number of thiazole rings is 1. The molecule has 0 bridgehead atoms. The molecule has 11 heavy (non-hydrogen) atoms. The Hall–Kier alpha value is -1.14. The molecule has 0 aliphatic carbocycles. The maximum atomic E-state index is 10.8. The molecule has 0 aromatic carbocycles. The molecule has 0 saturated carbocycles. The number of carbonyl (C=O) groups is 1. The summed E-state index contributed by atoms with van der Waals surface area (Å²) in [6.07, 6.45) is 1.54. The minimum absolute atomic E-state index is 0.0150. The Morgan fingerprint density at radius 2 is 2.55 bits per heavy atom. The van der Waals surface area contributed by atoms with Crippen molar-refractivity contribution in [1.29, 1.82) is 0 Å². The van der Waals surface area contributed by atoms with Gasteiger partial charge < -0.3 is 0 Å². The zero-order chi connectivity index (χ0) is 8.27. The van der Waals surface area contributed by atoms with Gasteiger partial charge in [0.1, 0.15) is 6.54 Å². The maximum Gasteiger partial charge on any atom is 0.307 e. The highest BCUT2D eigenvalue weighted by Crippen LogP contribution is 1.87. The number of nitrogens with zero attached hydrogens (tertiary/aromatic N) is 1. The van der Waals surface area contributed by atoms with Crippen molar-refractivity contribution in [1.82, 2.24) is 9.99 Å². The molecule has 1 aromatic rings. The van der Waals surface area contributed by atoms with Crippen LogP contribution in [0.2, 0.25) is 0 Å². The predicted molar refractivity (Wildman–Crippen MR) is 40.9 cm³/mol. The number of hydrogen-bond donors (Lipinski definition) is 2. The molecule has 0 fully saturated rings. The number of carbonyl (C=O) groups excluding carboxylic acids is 1. The largest absolute Gasteiger partial charge is 0.307 e. The van der Waals surface area contributed by atoms with Crippen molar-refractivity contribution in [2.24, 2.45) is 5.84 Å². The molecule has 0 aliphatic rings. The number of hydrogen-bond acceptors (Lipinski definition) is 4. The van der Waals surface area contributed by atoms with Crippen LogP contribution < -0.4 is 16.1 Å². The Balaban J connectivity index is 2.72. The van der Waals surface area contributed by atoms with Crippen LogP contribution in [0.1, 0.15) is 0 Å². The van der Waals surface area contributed by atoms with Crippen LogP contribution in [-0.2, 0) is 11.3 Å². The van der Waals surface area contributed by atoms with E-state index in [1.54, 1.807) is 11.6 Å². The van der Waals surface area contributed by atoms with Crippen molar-refractivity contribution < 1.29 is 4.79 Å². The molecule has 0 spiro atoms. The molecule has 1 heterocycles. The summed E-state index contributed by atoms with van der Waals surface area (Å²) in [5, 5.41) is 1.62. The van der Waals surface area contributed by atoms with Gasteiger partial charge in [0.2, 0.25) is 0 Å². The SMILES string of the molecule is NNC(=O)Cn1ccsc1=O. The van der Waals surface area contributed by atoms with Crippen molar-refractivity contribution in [3.05, 3.63) is 21.2 Å². The van der Waals surface area contributed by atoms with Crippen LogP contribution in [0.3, 0.4) is 0 Å². The van der Waals surface area contributed by atoms with Gasteiger partial charge in [0.15, 0.2) is 0 Å². The van der Waals surface area contributed by atoms with Crippen molar-refractivity contribution in [2.75, 3.05) is 0 Å². The second-order valence-corrected chi connectivity index (χ2v) is 2.72. The zero-order valence-corrected chi connectivity index (χ0v) is 6.43.